The second-order valence-corrected chi connectivity index (χ2v) is 8.41. The summed E-state index contributed by atoms with van der Waals surface area (Å²) >= 11 is 5.98. The smallest absolute Gasteiger partial charge is 0.274 e. The number of sulfonamides is 1. The first kappa shape index (κ1) is 21.3. The maximum atomic E-state index is 12.5. The highest BCUT2D eigenvalue weighted by molar-refractivity contribution is 7.92. The maximum Gasteiger partial charge on any atom is 0.274 e. The van der Waals surface area contributed by atoms with Crippen LogP contribution in [0.3, 0.4) is 0 Å². The van der Waals surface area contributed by atoms with Crippen molar-refractivity contribution in [3.8, 4) is 0 Å². The van der Waals surface area contributed by atoms with Crippen molar-refractivity contribution in [2.45, 2.75) is 11.8 Å². The monoisotopic (exact) mass is 445 g/mol. The van der Waals surface area contributed by atoms with Crippen molar-refractivity contribution in [1.29, 1.82) is 0 Å². The molecule has 3 rings (SSSR count). The molecule has 154 valence electrons. The summed E-state index contributed by atoms with van der Waals surface area (Å²) in [5.41, 5.74) is 1.05. The molecular formula is C20H16ClN3O5S. The van der Waals surface area contributed by atoms with Crippen LogP contribution >= 0.6 is 11.6 Å². The van der Waals surface area contributed by atoms with Gasteiger partial charge in [0, 0.05) is 22.9 Å². The molecule has 0 spiro atoms. The number of nitrogens with one attached hydrogen (secondary N) is 2. The molecule has 10 heteroatoms. The van der Waals surface area contributed by atoms with Crippen molar-refractivity contribution in [3.63, 3.8) is 0 Å². The Labute approximate surface area is 177 Å². The van der Waals surface area contributed by atoms with Gasteiger partial charge in [0.2, 0.25) is 0 Å². The Kier molecular flexibility index (Phi) is 6.04. The summed E-state index contributed by atoms with van der Waals surface area (Å²) in [5.74, 6) is -0.531. The summed E-state index contributed by atoms with van der Waals surface area (Å²) in [6.45, 7) is 1.60. The lowest BCUT2D eigenvalue weighted by Crippen LogP contribution is -2.15. The normalized spacial score (nSPS) is 11.0. The van der Waals surface area contributed by atoms with Gasteiger partial charge in [-0.2, -0.15) is 0 Å². The van der Waals surface area contributed by atoms with Crippen molar-refractivity contribution < 1.29 is 18.1 Å². The van der Waals surface area contributed by atoms with E-state index in [9.17, 15) is 23.3 Å². The summed E-state index contributed by atoms with van der Waals surface area (Å²) in [6.07, 6.45) is 0. The Morgan fingerprint density at radius 1 is 1.03 bits per heavy atom. The molecule has 0 saturated carbocycles. The van der Waals surface area contributed by atoms with E-state index < -0.39 is 20.9 Å². The molecule has 0 bridgehead atoms. The molecule has 0 atom stereocenters. The third-order valence-corrected chi connectivity index (χ3v) is 5.92. The Hall–Kier alpha value is -3.43. The fourth-order valence-electron chi connectivity index (χ4n) is 2.62. The number of halogens is 1. The predicted octanol–water partition coefficient (Wildman–Crippen LogP) is 4.61. The molecule has 8 nitrogen and oxygen atoms in total. The number of para-hydroxylation sites is 1. The summed E-state index contributed by atoms with van der Waals surface area (Å²) in [7, 11) is -3.90. The highest BCUT2D eigenvalue weighted by atomic mass is 35.5. The van der Waals surface area contributed by atoms with E-state index >= 15 is 0 Å². The van der Waals surface area contributed by atoms with Gasteiger partial charge in [0.15, 0.2) is 0 Å². The van der Waals surface area contributed by atoms with Crippen LogP contribution in [0.15, 0.2) is 71.6 Å². The number of anilines is 2. The van der Waals surface area contributed by atoms with Gasteiger partial charge in [0.25, 0.3) is 21.6 Å². The minimum absolute atomic E-state index is 0.0510. The number of rotatable bonds is 6. The number of benzene rings is 3. The van der Waals surface area contributed by atoms with E-state index in [0.29, 0.717) is 5.56 Å². The molecule has 0 aliphatic carbocycles. The fraction of sp³-hybridized carbons (Fsp3) is 0.0500. The third-order valence-electron chi connectivity index (χ3n) is 4.21. The van der Waals surface area contributed by atoms with E-state index in [2.05, 4.69) is 10.0 Å². The SMILES string of the molecule is Cc1ccc(NC(=O)c2ccc(S(=O)(=O)Nc3ccccc3Cl)cc2)cc1[N+](=O)[O-]. The summed E-state index contributed by atoms with van der Waals surface area (Å²) in [6, 6.07) is 16.0. The molecular weight excluding hydrogens is 430 g/mol. The van der Waals surface area contributed by atoms with Crippen LogP contribution < -0.4 is 10.0 Å². The van der Waals surface area contributed by atoms with Crippen LogP contribution in [0.2, 0.25) is 5.02 Å². The molecule has 0 radical (unpaired) electrons. The van der Waals surface area contributed by atoms with Crippen LogP contribution in [0.4, 0.5) is 17.1 Å². The van der Waals surface area contributed by atoms with Crippen molar-refractivity contribution in [2.75, 3.05) is 10.0 Å². The van der Waals surface area contributed by atoms with E-state index in [0.717, 1.165) is 0 Å². The zero-order valence-electron chi connectivity index (χ0n) is 15.6. The Morgan fingerprint density at radius 2 is 1.70 bits per heavy atom. The van der Waals surface area contributed by atoms with Gasteiger partial charge in [0.05, 0.1) is 20.5 Å². The standard InChI is InChI=1S/C20H16ClN3O5S/c1-13-6-9-15(12-19(13)24(26)27)22-20(25)14-7-10-16(11-8-14)30(28,29)23-18-5-3-2-4-17(18)21/h2-12,23H,1H3,(H,22,25). The van der Waals surface area contributed by atoms with E-state index in [1.165, 1.54) is 42.5 Å². The lowest BCUT2D eigenvalue weighted by molar-refractivity contribution is -0.385. The molecule has 3 aromatic carbocycles. The number of aryl methyl sites for hydroxylation is 1. The Morgan fingerprint density at radius 3 is 2.33 bits per heavy atom. The topological polar surface area (TPSA) is 118 Å². The van der Waals surface area contributed by atoms with E-state index in [-0.39, 0.29) is 32.5 Å². The third kappa shape index (κ3) is 4.76. The first-order valence-corrected chi connectivity index (χ1v) is 10.5. The van der Waals surface area contributed by atoms with Crippen LogP contribution in [0.25, 0.3) is 0 Å². The summed E-state index contributed by atoms with van der Waals surface area (Å²) in [5, 5.41) is 13.8. The van der Waals surface area contributed by atoms with Crippen molar-refractivity contribution in [3.05, 3.63) is 93.0 Å². The van der Waals surface area contributed by atoms with Gasteiger partial charge < -0.3 is 5.32 Å². The number of nitro benzene ring substituents is 1. The van der Waals surface area contributed by atoms with Crippen LogP contribution in [-0.2, 0) is 10.0 Å². The zero-order chi connectivity index (χ0) is 21.9. The van der Waals surface area contributed by atoms with Crippen LogP contribution in [0.1, 0.15) is 15.9 Å². The average Bonchev–Trinajstić information content (AvgIpc) is 2.71. The van der Waals surface area contributed by atoms with Gasteiger partial charge in [-0.05, 0) is 49.4 Å². The van der Waals surface area contributed by atoms with Gasteiger partial charge in [-0.25, -0.2) is 8.42 Å². The summed E-state index contributed by atoms with van der Waals surface area (Å²) < 4.78 is 27.4. The average molecular weight is 446 g/mol. The number of carbonyl (C=O) groups excluding carboxylic acids is 1. The molecule has 0 aliphatic heterocycles. The molecule has 0 unspecified atom stereocenters. The Bertz CT molecular complexity index is 1230. The Balaban J connectivity index is 1.77. The largest absolute Gasteiger partial charge is 0.322 e. The van der Waals surface area contributed by atoms with Gasteiger partial charge in [-0.1, -0.05) is 29.8 Å². The molecule has 1 amide bonds. The number of amides is 1. The van der Waals surface area contributed by atoms with Gasteiger partial charge in [0.1, 0.15) is 0 Å². The van der Waals surface area contributed by atoms with Gasteiger partial charge in [-0.3, -0.25) is 19.6 Å². The first-order chi connectivity index (χ1) is 14.2. The van der Waals surface area contributed by atoms with E-state index in [4.69, 9.17) is 11.6 Å². The molecule has 0 saturated heterocycles. The molecule has 30 heavy (non-hydrogen) atoms. The fourth-order valence-corrected chi connectivity index (χ4v) is 3.94. The van der Waals surface area contributed by atoms with Crippen molar-refractivity contribution in [1.82, 2.24) is 0 Å². The van der Waals surface area contributed by atoms with E-state index in [1.807, 2.05) is 0 Å². The molecule has 0 heterocycles. The van der Waals surface area contributed by atoms with Crippen LogP contribution in [0, 0.1) is 17.0 Å². The highest BCUT2D eigenvalue weighted by Crippen LogP contribution is 2.25. The minimum atomic E-state index is -3.90. The minimum Gasteiger partial charge on any atom is -0.322 e. The van der Waals surface area contributed by atoms with Gasteiger partial charge >= 0.3 is 0 Å². The van der Waals surface area contributed by atoms with Crippen molar-refractivity contribution in [2.24, 2.45) is 0 Å². The number of nitro groups is 1. The molecule has 0 fully saturated rings. The van der Waals surface area contributed by atoms with Crippen LogP contribution in [0.5, 0.6) is 0 Å². The lowest BCUT2D eigenvalue weighted by Gasteiger charge is -2.10. The van der Waals surface area contributed by atoms with Crippen LogP contribution in [-0.4, -0.2) is 19.2 Å². The molecule has 2 N–H and O–H groups in total. The second-order valence-electron chi connectivity index (χ2n) is 6.32. The number of nitrogens with zero attached hydrogens (tertiary/aromatic N) is 1. The quantitative estimate of drug-likeness (QED) is 0.424. The maximum absolute atomic E-state index is 12.5. The number of carbonyl (C=O) groups is 1. The number of hydrogen-bond donors (Lipinski definition) is 2. The predicted molar refractivity (Wildman–Crippen MR) is 114 cm³/mol. The molecule has 0 aromatic heterocycles. The summed E-state index contributed by atoms with van der Waals surface area (Å²) in [4.78, 5) is 22.9. The highest BCUT2D eigenvalue weighted by Gasteiger charge is 2.17. The lowest BCUT2D eigenvalue weighted by atomic mass is 10.1. The van der Waals surface area contributed by atoms with Gasteiger partial charge in [-0.15, -0.1) is 0 Å². The molecule has 3 aromatic rings. The first-order valence-electron chi connectivity index (χ1n) is 8.61. The van der Waals surface area contributed by atoms with Crippen molar-refractivity contribution >= 4 is 44.6 Å². The zero-order valence-corrected chi connectivity index (χ0v) is 17.2. The molecule has 0 aliphatic rings. The van der Waals surface area contributed by atoms with E-state index in [1.54, 1.807) is 31.2 Å². The second kappa shape index (κ2) is 8.52. The number of hydrogen-bond acceptors (Lipinski definition) is 5.